The zero-order valence-electron chi connectivity index (χ0n) is 13.2. The Kier molecular flexibility index (Phi) is 6.21. The zero-order chi connectivity index (χ0) is 14.5. The van der Waals surface area contributed by atoms with Gasteiger partial charge in [-0.15, -0.1) is 0 Å². The van der Waals surface area contributed by atoms with Gasteiger partial charge >= 0.3 is 0 Å². The van der Waals surface area contributed by atoms with Gasteiger partial charge in [-0.2, -0.15) is 11.8 Å². The molecule has 3 nitrogen and oxygen atoms in total. The molecule has 0 aromatic heterocycles. The predicted molar refractivity (Wildman–Crippen MR) is 87.1 cm³/mol. The minimum absolute atomic E-state index is 0.352. The highest BCUT2D eigenvalue weighted by molar-refractivity contribution is 7.99. The number of amides is 1. The molecule has 0 aromatic rings. The number of fused-ring (bicyclic) bond motifs is 2. The molecule has 116 valence electrons. The highest BCUT2D eigenvalue weighted by Crippen LogP contribution is 2.33. The maximum Gasteiger partial charge on any atom is 0.222 e. The molecule has 0 aromatic carbocycles. The largest absolute Gasteiger partial charge is 0.343 e. The molecule has 0 saturated carbocycles. The van der Waals surface area contributed by atoms with Gasteiger partial charge in [-0.25, -0.2) is 0 Å². The first kappa shape index (κ1) is 16.2. The molecule has 2 heterocycles. The molecule has 2 aliphatic rings. The number of nitrogens with zero attached hydrogens (tertiary/aromatic N) is 1. The Hall–Kier alpha value is -0.220. The highest BCUT2D eigenvalue weighted by Gasteiger charge is 2.34. The minimum atomic E-state index is 0.352. The van der Waals surface area contributed by atoms with Crippen LogP contribution in [0.15, 0.2) is 0 Å². The number of rotatable bonds is 7. The van der Waals surface area contributed by atoms with Gasteiger partial charge < -0.3 is 10.2 Å². The van der Waals surface area contributed by atoms with Gasteiger partial charge in [0.15, 0.2) is 0 Å². The third kappa shape index (κ3) is 4.39. The zero-order valence-corrected chi connectivity index (χ0v) is 14.0. The van der Waals surface area contributed by atoms with E-state index in [9.17, 15) is 4.79 Å². The summed E-state index contributed by atoms with van der Waals surface area (Å²) in [5.74, 6) is 3.29. The number of piperidine rings is 1. The SMILES string of the molecule is CCSCCC(C)N(C)C(=O)CC1CC2CCC(C1)N2. The maximum absolute atomic E-state index is 12.4. The standard InChI is InChI=1S/C16H30N2OS/c1-4-20-8-7-12(2)18(3)16(19)11-13-9-14-5-6-15(10-13)17-14/h12-15,17H,4-11H2,1-3H3. The van der Waals surface area contributed by atoms with Crippen LogP contribution in [-0.2, 0) is 4.79 Å². The van der Waals surface area contributed by atoms with Crippen LogP contribution >= 0.6 is 11.8 Å². The van der Waals surface area contributed by atoms with Crippen molar-refractivity contribution in [3.63, 3.8) is 0 Å². The third-order valence-corrected chi connectivity index (χ3v) is 5.91. The summed E-state index contributed by atoms with van der Waals surface area (Å²) >= 11 is 1.96. The van der Waals surface area contributed by atoms with Crippen molar-refractivity contribution in [3.05, 3.63) is 0 Å². The second kappa shape index (κ2) is 7.69. The average Bonchev–Trinajstić information content (AvgIpc) is 2.77. The van der Waals surface area contributed by atoms with Crippen LogP contribution in [0.25, 0.3) is 0 Å². The third-order valence-electron chi connectivity index (χ3n) is 4.97. The van der Waals surface area contributed by atoms with Gasteiger partial charge in [0.25, 0.3) is 0 Å². The molecule has 1 N–H and O–H groups in total. The van der Waals surface area contributed by atoms with Crippen LogP contribution in [0, 0.1) is 5.92 Å². The molecule has 2 aliphatic heterocycles. The predicted octanol–water partition coefficient (Wildman–Crippen LogP) is 2.90. The van der Waals surface area contributed by atoms with Gasteiger partial charge in [-0.1, -0.05) is 6.92 Å². The van der Waals surface area contributed by atoms with Gasteiger partial charge in [-0.05, 0) is 56.5 Å². The van der Waals surface area contributed by atoms with E-state index in [-0.39, 0.29) is 0 Å². The lowest BCUT2D eigenvalue weighted by Crippen LogP contribution is -2.41. The monoisotopic (exact) mass is 298 g/mol. The van der Waals surface area contributed by atoms with Gasteiger partial charge in [-0.3, -0.25) is 4.79 Å². The lowest BCUT2D eigenvalue weighted by Gasteiger charge is -2.31. The van der Waals surface area contributed by atoms with Crippen molar-refractivity contribution in [2.45, 2.75) is 70.5 Å². The second-order valence-electron chi connectivity index (χ2n) is 6.52. The van der Waals surface area contributed by atoms with Crippen LogP contribution in [-0.4, -0.2) is 47.5 Å². The summed E-state index contributed by atoms with van der Waals surface area (Å²) in [6.07, 6.45) is 6.91. The topological polar surface area (TPSA) is 32.3 Å². The Morgan fingerprint density at radius 1 is 1.35 bits per heavy atom. The first-order valence-corrected chi connectivity index (χ1v) is 9.35. The molecule has 0 radical (unpaired) electrons. The molecule has 2 bridgehead atoms. The molecule has 0 aliphatic carbocycles. The number of carbonyl (C=O) groups is 1. The smallest absolute Gasteiger partial charge is 0.222 e. The van der Waals surface area contributed by atoms with Crippen LogP contribution in [0.2, 0.25) is 0 Å². The van der Waals surface area contributed by atoms with E-state index in [1.165, 1.54) is 31.4 Å². The summed E-state index contributed by atoms with van der Waals surface area (Å²) in [6, 6.07) is 1.76. The van der Waals surface area contributed by atoms with Gasteiger partial charge in [0, 0.05) is 31.6 Å². The van der Waals surface area contributed by atoms with Gasteiger partial charge in [0.1, 0.15) is 0 Å². The van der Waals surface area contributed by atoms with Gasteiger partial charge in [0.2, 0.25) is 5.91 Å². The Bertz CT molecular complexity index is 312. The summed E-state index contributed by atoms with van der Waals surface area (Å²) < 4.78 is 0. The van der Waals surface area contributed by atoms with Crippen molar-refractivity contribution in [1.82, 2.24) is 10.2 Å². The van der Waals surface area contributed by atoms with E-state index in [1.54, 1.807) is 0 Å². The normalized spacial score (nSPS) is 30.2. The van der Waals surface area contributed by atoms with Crippen molar-refractivity contribution in [2.24, 2.45) is 5.92 Å². The van der Waals surface area contributed by atoms with Crippen LogP contribution in [0.3, 0.4) is 0 Å². The Morgan fingerprint density at radius 3 is 2.60 bits per heavy atom. The average molecular weight is 298 g/mol. The highest BCUT2D eigenvalue weighted by atomic mass is 32.2. The van der Waals surface area contributed by atoms with Crippen molar-refractivity contribution >= 4 is 17.7 Å². The quantitative estimate of drug-likeness (QED) is 0.734. The molecule has 3 unspecified atom stereocenters. The molecule has 20 heavy (non-hydrogen) atoms. The van der Waals surface area contributed by atoms with E-state index in [4.69, 9.17) is 0 Å². The molecular weight excluding hydrogens is 268 g/mol. The number of hydrogen-bond acceptors (Lipinski definition) is 3. The van der Waals surface area contributed by atoms with Crippen molar-refractivity contribution < 1.29 is 4.79 Å². The molecule has 2 rings (SSSR count). The van der Waals surface area contributed by atoms with Crippen LogP contribution in [0.5, 0.6) is 0 Å². The number of hydrogen-bond donors (Lipinski definition) is 1. The first-order chi connectivity index (χ1) is 9.60. The van der Waals surface area contributed by atoms with Crippen LogP contribution in [0.1, 0.15) is 52.4 Å². The molecule has 1 amide bonds. The molecule has 0 spiro atoms. The summed E-state index contributed by atoms with van der Waals surface area (Å²) in [4.78, 5) is 14.4. The summed E-state index contributed by atoms with van der Waals surface area (Å²) in [6.45, 7) is 4.37. The fourth-order valence-electron chi connectivity index (χ4n) is 3.57. The van der Waals surface area contributed by atoms with E-state index in [0.717, 1.165) is 18.6 Å². The van der Waals surface area contributed by atoms with Crippen molar-refractivity contribution in [1.29, 1.82) is 0 Å². The van der Waals surface area contributed by atoms with E-state index in [1.807, 2.05) is 23.7 Å². The maximum atomic E-state index is 12.4. The molecule has 2 fully saturated rings. The van der Waals surface area contributed by atoms with Gasteiger partial charge in [0.05, 0.1) is 0 Å². The second-order valence-corrected chi connectivity index (χ2v) is 7.91. The molecule has 4 heteroatoms. The summed E-state index contributed by atoms with van der Waals surface area (Å²) in [5, 5.41) is 3.65. The lowest BCUT2D eigenvalue weighted by molar-refractivity contribution is -0.133. The molecule has 3 atom stereocenters. The fraction of sp³-hybridized carbons (Fsp3) is 0.938. The van der Waals surface area contributed by atoms with Crippen LogP contribution in [0.4, 0.5) is 0 Å². The van der Waals surface area contributed by atoms with E-state index >= 15 is 0 Å². The molecule has 2 saturated heterocycles. The fourth-order valence-corrected chi connectivity index (χ4v) is 4.37. The van der Waals surface area contributed by atoms with E-state index < -0.39 is 0 Å². The first-order valence-electron chi connectivity index (χ1n) is 8.19. The molecular formula is C16H30N2OS. The van der Waals surface area contributed by atoms with Crippen molar-refractivity contribution in [2.75, 3.05) is 18.6 Å². The number of thioether (sulfide) groups is 1. The van der Waals surface area contributed by atoms with Crippen LogP contribution < -0.4 is 5.32 Å². The lowest BCUT2D eigenvalue weighted by atomic mass is 9.89. The Morgan fingerprint density at radius 2 is 2.00 bits per heavy atom. The van der Waals surface area contributed by atoms with E-state index in [2.05, 4.69) is 19.2 Å². The summed E-state index contributed by atoms with van der Waals surface area (Å²) in [7, 11) is 1.99. The number of carbonyl (C=O) groups excluding carboxylic acids is 1. The van der Waals surface area contributed by atoms with E-state index in [0.29, 0.717) is 30.0 Å². The Balaban J connectivity index is 1.73. The summed E-state index contributed by atoms with van der Waals surface area (Å²) in [5.41, 5.74) is 0. The minimum Gasteiger partial charge on any atom is -0.343 e. The number of nitrogens with one attached hydrogen (secondary N) is 1. The van der Waals surface area contributed by atoms with Crippen molar-refractivity contribution in [3.8, 4) is 0 Å². The Labute approximate surface area is 128 Å².